The summed E-state index contributed by atoms with van der Waals surface area (Å²) in [6.07, 6.45) is 0.0313. The van der Waals surface area contributed by atoms with Crippen molar-refractivity contribution in [3.63, 3.8) is 0 Å². The summed E-state index contributed by atoms with van der Waals surface area (Å²) < 4.78 is 49.2. The number of ether oxygens (including phenoxy) is 1. The van der Waals surface area contributed by atoms with Crippen LogP contribution < -0.4 is 15.8 Å². The molecular formula is C26H21Cl2FN4O6S. The van der Waals surface area contributed by atoms with Crippen LogP contribution in [-0.4, -0.2) is 40.2 Å². The summed E-state index contributed by atoms with van der Waals surface area (Å²) in [6.45, 7) is -0.0878. The zero-order valence-electron chi connectivity index (χ0n) is 20.5. The summed E-state index contributed by atoms with van der Waals surface area (Å²) in [5.41, 5.74) is 1.23. The molecule has 3 aromatic carbocycles. The molecule has 1 atom stereocenters. The molecule has 5 rings (SSSR count). The molecule has 1 aliphatic rings. The van der Waals surface area contributed by atoms with Crippen LogP contribution in [0.2, 0.25) is 10.0 Å². The van der Waals surface area contributed by atoms with Crippen LogP contribution in [0, 0.1) is 5.82 Å². The topological polar surface area (TPSA) is 134 Å². The van der Waals surface area contributed by atoms with Gasteiger partial charge in [0.15, 0.2) is 0 Å². The molecule has 1 aliphatic heterocycles. The van der Waals surface area contributed by atoms with Gasteiger partial charge in [-0.1, -0.05) is 41.4 Å². The van der Waals surface area contributed by atoms with Gasteiger partial charge in [-0.3, -0.25) is 19.9 Å². The van der Waals surface area contributed by atoms with Gasteiger partial charge in [0, 0.05) is 34.3 Å². The molecule has 0 saturated carbocycles. The minimum Gasteiger partial charge on any atom is -0.489 e. The average molecular weight is 607 g/mol. The number of rotatable bonds is 7. The molecule has 10 nitrogen and oxygen atoms in total. The largest absolute Gasteiger partial charge is 0.489 e. The molecule has 2 heterocycles. The standard InChI is InChI=1S/C26H21Cl2FN4O6S/c27-16-6-5-15(19(28)13-16)14-39-17-7-9-18(10-8-17)40(37,38)32-12-11-21-23(24(32)25(34)31-36)26(35)33(30-21)22-4-2-1-3-20(22)29/h1-10,13,24,30,36H,11-12,14H2,(H,31,34). The van der Waals surface area contributed by atoms with Gasteiger partial charge in [0.25, 0.3) is 11.5 Å². The number of halogens is 3. The normalized spacial score (nSPS) is 15.4. The van der Waals surface area contributed by atoms with Crippen molar-refractivity contribution < 1.29 is 27.5 Å². The smallest absolute Gasteiger partial charge is 0.276 e. The van der Waals surface area contributed by atoms with Crippen LogP contribution in [0.15, 0.2) is 76.4 Å². The third-order valence-corrected chi connectivity index (χ3v) is 8.91. The Kier molecular flexibility index (Phi) is 7.71. The summed E-state index contributed by atoms with van der Waals surface area (Å²) in [5.74, 6) is -1.48. The lowest BCUT2D eigenvalue weighted by Gasteiger charge is -2.32. The van der Waals surface area contributed by atoms with E-state index in [4.69, 9.17) is 27.9 Å². The highest BCUT2D eigenvalue weighted by molar-refractivity contribution is 7.89. The Bertz CT molecular complexity index is 1760. The quantitative estimate of drug-likeness (QED) is 0.215. The minimum absolute atomic E-state index is 0.0313. The fourth-order valence-electron chi connectivity index (χ4n) is 4.49. The molecule has 14 heteroatoms. The van der Waals surface area contributed by atoms with Crippen molar-refractivity contribution in [2.45, 2.75) is 24.0 Å². The zero-order valence-corrected chi connectivity index (χ0v) is 22.8. The van der Waals surface area contributed by atoms with E-state index in [1.165, 1.54) is 47.9 Å². The van der Waals surface area contributed by atoms with Gasteiger partial charge in [0.05, 0.1) is 10.5 Å². The van der Waals surface area contributed by atoms with Gasteiger partial charge in [-0.05, 0) is 48.5 Å². The number of hydroxylamine groups is 1. The van der Waals surface area contributed by atoms with Crippen molar-refractivity contribution in [3.05, 3.63) is 110 Å². The highest BCUT2D eigenvalue weighted by Crippen LogP contribution is 2.33. The number of benzene rings is 3. The van der Waals surface area contributed by atoms with Crippen LogP contribution in [0.5, 0.6) is 5.75 Å². The van der Waals surface area contributed by atoms with E-state index >= 15 is 0 Å². The lowest BCUT2D eigenvalue weighted by molar-refractivity contribution is -0.133. The number of amides is 1. The minimum atomic E-state index is -4.35. The number of hydrogen-bond acceptors (Lipinski definition) is 6. The van der Waals surface area contributed by atoms with E-state index in [1.54, 1.807) is 18.2 Å². The first-order valence-corrected chi connectivity index (χ1v) is 14.0. The van der Waals surface area contributed by atoms with Crippen molar-refractivity contribution in [2.75, 3.05) is 6.54 Å². The van der Waals surface area contributed by atoms with E-state index in [0.29, 0.717) is 21.4 Å². The molecule has 0 spiro atoms. The van der Waals surface area contributed by atoms with E-state index in [0.717, 1.165) is 15.1 Å². The molecule has 40 heavy (non-hydrogen) atoms. The Labute approximate surface area is 237 Å². The van der Waals surface area contributed by atoms with Crippen molar-refractivity contribution in [2.24, 2.45) is 0 Å². The Morgan fingerprint density at radius 3 is 2.52 bits per heavy atom. The van der Waals surface area contributed by atoms with Crippen LogP contribution in [-0.2, 0) is 27.8 Å². The Balaban J connectivity index is 1.44. The number of aromatic nitrogens is 2. The first kappa shape index (κ1) is 27.9. The number of nitrogens with zero attached hydrogens (tertiary/aromatic N) is 2. The number of fused-ring (bicyclic) bond motifs is 1. The number of carbonyl (C=O) groups is 1. The lowest BCUT2D eigenvalue weighted by atomic mass is 10.0. The summed E-state index contributed by atoms with van der Waals surface area (Å²) in [5, 5.41) is 13.1. The molecule has 208 valence electrons. The van der Waals surface area contributed by atoms with Crippen LogP contribution >= 0.6 is 23.2 Å². The highest BCUT2D eigenvalue weighted by Gasteiger charge is 2.44. The van der Waals surface area contributed by atoms with Gasteiger partial charge in [0.1, 0.15) is 29.9 Å². The average Bonchev–Trinajstić information content (AvgIpc) is 3.28. The summed E-state index contributed by atoms with van der Waals surface area (Å²) >= 11 is 12.1. The number of aromatic amines is 1. The van der Waals surface area contributed by atoms with Crippen LogP contribution in [0.3, 0.4) is 0 Å². The van der Waals surface area contributed by atoms with Crippen molar-refractivity contribution in [3.8, 4) is 11.4 Å². The SMILES string of the molecule is O=C(NO)C1c2c([nH]n(-c3ccccc3F)c2=O)CCN1S(=O)(=O)c1ccc(OCc2ccc(Cl)cc2Cl)cc1. The second-order valence-corrected chi connectivity index (χ2v) is 11.6. The molecule has 3 N–H and O–H groups in total. The number of H-pyrrole nitrogens is 1. The van der Waals surface area contributed by atoms with Gasteiger partial charge < -0.3 is 4.74 Å². The van der Waals surface area contributed by atoms with E-state index in [9.17, 15) is 27.6 Å². The van der Waals surface area contributed by atoms with E-state index in [2.05, 4.69) is 5.10 Å². The summed E-state index contributed by atoms with van der Waals surface area (Å²) in [6, 6.07) is 14.2. The fourth-order valence-corrected chi connectivity index (χ4v) is 6.52. The molecule has 1 aromatic heterocycles. The maximum Gasteiger partial charge on any atom is 0.276 e. The van der Waals surface area contributed by atoms with Gasteiger partial charge >= 0.3 is 0 Å². The molecular weight excluding hydrogens is 586 g/mol. The van der Waals surface area contributed by atoms with Crippen molar-refractivity contribution in [1.82, 2.24) is 19.6 Å². The second-order valence-electron chi connectivity index (χ2n) is 8.84. The maximum atomic E-state index is 14.4. The molecule has 1 unspecified atom stereocenters. The Hall–Kier alpha value is -3.68. The Morgan fingerprint density at radius 2 is 1.85 bits per heavy atom. The molecule has 0 fully saturated rings. The van der Waals surface area contributed by atoms with Crippen molar-refractivity contribution >= 4 is 39.1 Å². The number of hydrogen-bond donors (Lipinski definition) is 3. The lowest BCUT2D eigenvalue weighted by Crippen LogP contribution is -2.48. The predicted molar refractivity (Wildman–Crippen MR) is 144 cm³/mol. The summed E-state index contributed by atoms with van der Waals surface area (Å²) in [4.78, 5) is 25.9. The molecule has 0 radical (unpaired) electrons. The maximum absolute atomic E-state index is 14.4. The van der Waals surface area contributed by atoms with Gasteiger partial charge in [0.2, 0.25) is 10.0 Å². The van der Waals surface area contributed by atoms with Crippen LogP contribution in [0.1, 0.15) is 22.9 Å². The highest BCUT2D eigenvalue weighted by atomic mass is 35.5. The predicted octanol–water partition coefficient (Wildman–Crippen LogP) is 3.98. The monoisotopic (exact) mass is 606 g/mol. The van der Waals surface area contributed by atoms with Gasteiger partial charge in [-0.2, -0.15) is 4.31 Å². The first-order valence-electron chi connectivity index (χ1n) is 11.8. The number of carbonyl (C=O) groups excluding carboxylic acids is 1. The molecule has 1 amide bonds. The van der Waals surface area contributed by atoms with Crippen LogP contribution in [0.25, 0.3) is 5.69 Å². The van der Waals surface area contributed by atoms with Gasteiger partial charge in [-0.25, -0.2) is 23.0 Å². The van der Waals surface area contributed by atoms with E-state index in [-0.39, 0.29) is 41.4 Å². The van der Waals surface area contributed by atoms with Crippen LogP contribution in [0.4, 0.5) is 4.39 Å². The van der Waals surface area contributed by atoms with Gasteiger partial charge in [-0.15, -0.1) is 0 Å². The summed E-state index contributed by atoms with van der Waals surface area (Å²) in [7, 11) is -4.35. The fraction of sp³-hybridized carbons (Fsp3) is 0.154. The van der Waals surface area contributed by atoms with E-state index < -0.39 is 33.3 Å². The molecule has 4 aromatic rings. The molecule has 0 saturated heterocycles. The number of para-hydroxylation sites is 1. The zero-order chi connectivity index (χ0) is 28.6. The third kappa shape index (κ3) is 5.11. The number of nitrogens with one attached hydrogen (secondary N) is 2. The third-order valence-electron chi connectivity index (χ3n) is 6.44. The number of sulfonamides is 1. The first-order chi connectivity index (χ1) is 19.1. The second kappa shape index (κ2) is 11.1. The molecule has 0 bridgehead atoms. The van der Waals surface area contributed by atoms with Crippen molar-refractivity contribution in [1.29, 1.82) is 0 Å². The molecule has 0 aliphatic carbocycles. The Morgan fingerprint density at radius 1 is 1.12 bits per heavy atom. The van der Waals surface area contributed by atoms with E-state index in [1.807, 2.05) is 0 Å².